The van der Waals surface area contributed by atoms with E-state index in [9.17, 15) is 4.39 Å². The maximum absolute atomic E-state index is 13.6. The van der Waals surface area contributed by atoms with Crippen LogP contribution in [0.25, 0.3) is 0 Å². The second-order valence-electron chi connectivity index (χ2n) is 5.70. The molecule has 1 aliphatic rings. The van der Waals surface area contributed by atoms with Crippen molar-refractivity contribution in [3.8, 4) is 0 Å². The summed E-state index contributed by atoms with van der Waals surface area (Å²) in [5.74, 6) is 0.637. The summed E-state index contributed by atoms with van der Waals surface area (Å²) in [6.45, 7) is 1.92. The van der Waals surface area contributed by atoms with E-state index >= 15 is 0 Å². The molecule has 112 valence electrons. The first-order chi connectivity index (χ1) is 10.2. The predicted molar refractivity (Wildman–Crippen MR) is 77.9 cm³/mol. The van der Waals surface area contributed by atoms with E-state index in [-0.39, 0.29) is 5.82 Å². The molecule has 0 aliphatic heterocycles. The van der Waals surface area contributed by atoms with Crippen LogP contribution >= 0.6 is 0 Å². The topological polar surface area (TPSA) is 41.3 Å². The summed E-state index contributed by atoms with van der Waals surface area (Å²) in [5.41, 5.74) is 1.62. The Morgan fingerprint density at radius 2 is 2.14 bits per heavy atom. The number of benzene rings is 1. The lowest BCUT2D eigenvalue weighted by atomic mass is 10.2. The fraction of sp³-hybridized carbons (Fsp3) is 0.438. The molecule has 5 heteroatoms. The van der Waals surface area contributed by atoms with Gasteiger partial charge in [0, 0.05) is 30.8 Å². The van der Waals surface area contributed by atoms with Crippen LogP contribution in [0.3, 0.4) is 0 Å². The zero-order valence-electron chi connectivity index (χ0n) is 12.2. The van der Waals surface area contributed by atoms with E-state index in [0.29, 0.717) is 24.7 Å². The molecular weight excluding hydrogens is 269 g/mol. The molecule has 1 aromatic heterocycles. The predicted octanol–water partition coefficient (Wildman–Crippen LogP) is 2.70. The molecule has 0 saturated heterocycles. The summed E-state index contributed by atoms with van der Waals surface area (Å²) in [5, 5.41) is 7.46. The Morgan fingerprint density at radius 3 is 2.90 bits per heavy atom. The van der Waals surface area contributed by atoms with Gasteiger partial charge in [-0.25, -0.2) is 4.39 Å². The van der Waals surface area contributed by atoms with Crippen LogP contribution in [0.15, 0.2) is 34.9 Å². The van der Waals surface area contributed by atoms with Crippen LogP contribution in [0, 0.1) is 5.82 Å². The highest BCUT2D eigenvalue weighted by atomic mass is 19.1. The Hall–Kier alpha value is -1.72. The van der Waals surface area contributed by atoms with Gasteiger partial charge in [0.05, 0.1) is 12.2 Å². The van der Waals surface area contributed by atoms with Gasteiger partial charge < -0.3 is 9.84 Å². The molecule has 1 N–H and O–H groups in total. The van der Waals surface area contributed by atoms with Gasteiger partial charge in [0.15, 0.2) is 5.76 Å². The first-order valence-electron chi connectivity index (χ1n) is 7.30. The van der Waals surface area contributed by atoms with E-state index in [0.717, 1.165) is 18.0 Å². The van der Waals surface area contributed by atoms with E-state index in [2.05, 4.69) is 10.5 Å². The molecule has 0 amide bonds. The van der Waals surface area contributed by atoms with E-state index in [1.54, 1.807) is 12.1 Å². The van der Waals surface area contributed by atoms with Gasteiger partial charge in [-0.1, -0.05) is 23.4 Å². The highest BCUT2D eigenvalue weighted by Crippen LogP contribution is 2.19. The summed E-state index contributed by atoms with van der Waals surface area (Å²) in [4.78, 5) is 2.01. The van der Waals surface area contributed by atoms with Gasteiger partial charge in [-0.2, -0.15) is 0 Å². The lowest BCUT2D eigenvalue weighted by molar-refractivity contribution is 0.262. The molecule has 0 bridgehead atoms. The molecule has 1 heterocycles. The number of nitrogens with zero attached hydrogens (tertiary/aromatic N) is 2. The molecule has 0 spiro atoms. The number of rotatable bonds is 7. The van der Waals surface area contributed by atoms with Crippen LogP contribution < -0.4 is 5.32 Å². The zero-order chi connectivity index (χ0) is 14.7. The standard InChI is InChI=1S/C16H20FN3O/c1-20(10-12-4-2-3-5-16(12)17)11-15-8-14(19-21-15)9-18-13-6-7-13/h2-5,8,13,18H,6-7,9-11H2,1H3. The minimum Gasteiger partial charge on any atom is -0.360 e. The molecule has 0 unspecified atom stereocenters. The van der Waals surface area contributed by atoms with Crippen molar-refractivity contribution in [2.75, 3.05) is 7.05 Å². The molecule has 21 heavy (non-hydrogen) atoms. The molecule has 2 aromatic rings. The van der Waals surface area contributed by atoms with Crippen molar-refractivity contribution in [1.82, 2.24) is 15.4 Å². The average molecular weight is 289 g/mol. The Kier molecular flexibility index (Phi) is 4.31. The van der Waals surface area contributed by atoms with Crippen molar-refractivity contribution < 1.29 is 8.91 Å². The van der Waals surface area contributed by atoms with Crippen molar-refractivity contribution in [2.45, 2.75) is 38.5 Å². The normalized spacial score (nSPS) is 14.8. The molecule has 3 rings (SSSR count). The van der Waals surface area contributed by atoms with Crippen molar-refractivity contribution in [2.24, 2.45) is 0 Å². The van der Waals surface area contributed by atoms with Gasteiger partial charge in [0.25, 0.3) is 0 Å². The zero-order valence-corrected chi connectivity index (χ0v) is 12.2. The van der Waals surface area contributed by atoms with Crippen molar-refractivity contribution in [3.63, 3.8) is 0 Å². The number of halogens is 1. The Morgan fingerprint density at radius 1 is 1.33 bits per heavy atom. The van der Waals surface area contributed by atoms with E-state index < -0.39 is 0 Å². The van der Waals surface area contributed by atoms with Crippen LogP contribution in [0.4, 0.5) is 4.39 Å². The smallest absolute Gasteiger partial charge is 0.151 e. The van der Waals surface area contributed by atoms with Gasteiger partial charge in [-0.05, 0) is 26.0 Å². The Bertz CT molecular complexity index is 595. The van der Waals surface area contributed by atoms with Gasteiger partial charge in [-0.3, -0.25) is 4.90 Å². The molecule has 0 atom stereocenters. The Labute approximate surface area is 123 Å². The van der Waals surface area contributed by atoms with Crippen molar-refractivity contribution >= 4 is 0 Å². The third-order valence-electron chi connectivity index (χ3n) is 3.58. The highest BCUT2D eigenvalue weighted by molar-refractivity contribution is 5.17. The average Bonchev–Trinajstić information content (AvgIpc) is 3.19. The highest BCUT2D eigenvalue weighted by Gasteiger charge is 2.20. The lowest BCUT2D eigenvalue weighted by Crippen LogP contribution is -2.17. The molecule has 1 fully saturated rings. The number of hydrogen-bond donors (Lipinski definition) is 1. The van der Waals surface area contributed by atoms with Crippen LogP contribution in [0.5, 0.6) is 0 Å². The lowest BCUT2D eigenvalue weighted by Gasteiger charge is -2.15. The number of nitrogens with one attached hydrogen (secondary N) is 1. The maximum atomic E-state index is 13.6. The maximum Gasteiger partial charge on any atom is 0.151 e. The van der Waals surface area contributed by atoms with Crippen LogP contribution in [-0.4, -0.2) is 23.1 Å². The van der Waals surface area contributed by atoms with Gasteiger partial charge in [-0.15, -0.1) is 0 Å². The molecule has 0 radical (unpaired) electrons. The van der Waals surface area contributed by atoms with Gasteiger partial charge in [0.1, 0.15) is 5.82 Å². The van der Waals surface area contributed by atoms with Gasteiger partial charge >= 0.3 is 0 Å². The summed E-state index contributed by atoms with van der Waals surface area (Å²) in [6.07, 6.45) is 2.52. The number of aromatic nitrogens is 1. The second kappa shape index (κ2) is 6.37. The largest absolute Gasteiger partial charge is 0.360 e. The monoisotopic (exact) mass is 289 g/mol. The van der Waals surface area contributed by atoms with Crippen molar-refractivity contribution in [3.05, 3.63) is 53.2 Å². The van der Waals surface area contributed by atoms with E-state index in [4.69, 9.17) is 4.52 Å². The summed E-state index contributed by atoms with van der Waals surface area (Å²) in [7, 11) is 1.94. The first kappa shape index (κ1) is 14.2. The fourth-order valence-corrected chi connectivity index (χ4v) is 2.29. The molecule has 4 nitrogen and oxygen atoms in total. The van der Waals surface area contributed by atoms with Crippen molar-refractivity contribution in [1.29, 1.82) is 0 Å². The molecule has 1 aromatic carbocycles. The third kappa shape index (κ3) is 4.12. The summed E-state index contributed by atoms with van der Waals surface area (Å²) >= 11 is 0. The minimum absolute atomic E-state index is 0.170. The van der Waals surface area contributed by atoms with E-state index in [1.807, 2.05) is 24.1 Å². The second-order valence-corrected chi connectivity index (χ2v) is 5.70. The molecular formula is C16H20FN3O. The Balaban J connectivity index is 1.52. The minimum atomic E-state index is -0.170. The van der Waals surface area contributed by atoms with Crippen LogP contribution in [0.1, 0.15) is 29.9 Å². The fourth-order valence-electron chi connectivity index (χ4n) is 2.29. The quantitative estimate of drug-likeness (QED) is 0.851. The SMILES string of the molecule is CN(Cc1cc(CNC2CC2)no1)Cc1ccccc1F. The number of hydrogen-bond acceptors (Lipinski definition) is 4. The van der Waals surface area contributed by atoms with Gasteiger partial charge in [0.2, 0.25) is 0 Å². The molecule has 1 aliphatic carbocycles. The molecule has 1 saturated carbocycles. The summed E-state index contributed by atoms with van der Waals surface area (Å²) < 4.78 is 18.9. The van der Waals surface area contributed by atoms with Crippen LogP contribution in [-0.2, 0) is 19.6 Å². The van der Waals surface area contributed by atoms with E-state index in [1.165, 1.54) is 18.9 Å². The first-order valence-corrected chi connectivity index (χ1v) is 7.30. The van der Waals surface area contributed by atoms with Crippen LogP contribution in [0.2, 0.25) is 0 Å². The third-order valence-corrected chi connectivity index (χ3v) is 3.58. The summed E-state index contributed by atoms with van der Waals surface area (Å²) in [6, 6.07) is 9.47.